The molecule has 1 aromatic carbocycles. The number of guanidine groups is 1. The Morgan fingerprint density at radius 3 is 2.62 bits per heavy atom. The minimum atomic E-state index is -0.270. The minimum absolute atomic E-state index is 0.270. The summed E-state index contributed by atoms with van der Waals surface area (Å²) in [4.78, 5) is 19.0. The summed E-state index contributed by atoms with van der Waals surface area (Å²) in [6.07, 6.45) is 3.55. The van der Waals surface area contributed by atoms with Crippen LogP contribution in [-0.2, 0) is 20.1 Å². The lowest BCUT2D eigenvalue weighted by Crippen LogP contribution is -2.38. The molecule has 2 N–H and O–H groups in total. The van der Waals surface area contributed by atoms with Crippen LogP contribution in [0.5, 0.6) is 0 Å². The van der Waals surface area contributed by atoms with Gasteiger partial charge in [0.1, 0.15) is 0 Å². The number of hydrogen-bond acceptors (Lipinski definition) is 4. The van der Waals surface area contributed by atoms with Crippen LogP contribution in [0.4, 0.5) is 5.69 Å². The van der Waals surface area contributed by atoms with Crippen molar-refractivity contribution in [3.63, 3.8) is 0 Å². The summed E-state index contributed by atoms with van der Waals surface area (Å²) >= 11 is 0. The molecule has 0 atom stereocenters. The Bertz CT molecular complexity index is 1040. The molecule has 8 heteroatoms. The zero-order chi connectivity index (χ0) is 23.1. The van der Waals surface area contributed by atoms with Gasteiger partial charge in [-0.2, -0.15) is 5.10 Å². The standard InChI is InChI=1S/C24H32N6O2/c1-6-25-24(29(4)15-19-16-30(5)28-22(19)17(2)3)26-14-18-9-11-20(12-10-18)27-23(31)21-8-7-13-32-21/h7-13,16-17H,6,14-15H2,1-5H3,(H,25,26)(H,27,31). The lowest BCUT2D eigenvalue weighted by molar-refractivity contribution is 0.0996. The van der Waals surface area contributed by atoms with Crippen molar-refractivity contribution in [3.05, 3.63) is 71.4 Å². The average molecular weight is 437 g/mol. The maximum atomic E-state index is 12.1. The first-order chi connectivity index (χ1) is 15.4. The molecule has 3 aromatic rings. The number of anilines is 1. The minimum Gasteiger partial charge on any atom is -0.459 e. The molecule has 1 amide bonds. The quantitative estimate of drug-likeness (QED) is 0.412. The number of furan rings is 1. The van der Waals surface area contributed by atoms with Crippen LogP contribution in [0.1, 0.15) is 54.1 Å². The first-order valence-electron chi connectivity index (χ1n) is 10.8. The van der Waals surface area contributed by atoms with Gasteiger partial charge in [-0.15, -0.1) is 0 Å². The number of benzene rings is 1. The largest absolute Gasteiger partial charge is 0.459 e. The van der Waals surface area contributed by atoms with E-state index >= 15 is 0 Å². The highest BCUT2D eigenvalue weighted by Crippen LogP contribution is 2.19. The zero-order valence-electron chi connectivity index (χ0n) is 19.4. The number of nitrogens with one attached hydrogen (secondary N) is 2. The number of carbonyl (C=O) groups is 1. The van der Waals surface area contributed by atoms with Gasteiger partial charge in [0.2, 0.25) is 0 Å². The van der Waals surface area contributed by atoms with Gasteiger partial charge in [-0.3, -0.25) is 9.48 Å². The molecule has 0 unspecified atom stereocenters. The molecule has 2 aromatic heterocycles. The van der Waals surface area contributed by atoms with Crippen LogP contribution in [0.25, 0.3) is 0 Å². The number of aromatic nitrogens is 2. The van der Waals surface area contributed by atoms with Crippen molar-refractivity contribution in [1.29, 1.82) is 0 Å². The van der Waals surface area contributed by atoms with E-state index in [1.165, 1.54) is 11.8 Å². The van der Waals surface area contributed by atoms with Gasteiger partial charge in [-0.05, 0) is 42.7 Å². The van der Waals surface area contributed by atoms with Crippen LogP contribution in [0.2, 0.25) is 0 Å². The van der Waals surface area contributed by atoms with Crippen molar-refractivity contribution >= 4 is 17.6 Å². The van der Waals surface area contributed by atoms with E-state index in [0.717, 1.165) is 30.3 Å². The lowest BCUT2D eigenvalue weighted by atomic mass is 10.1. The first kappa shape index (κ1) is 23.1. The van der Waals surface area contributed by atoms with Gasteiger partial charge in [-0.1, -0.05) is 26.0 Å². The summed E-state index contributed by atoms with van der Waals surface area (Å²) in [5.74, 6) is 1.21. The third-order valence-corrected chi connectivity index (χ3v) is 4.96. The van der Waals surface area contributed by atoms with Crippen LogP contribution >= 0.6 is 0 Å². The summed E-state index contributed by atoms with van der Waals surface area (Å²) in [6, 6.07) is 11.0. The van der Waals surface area contributed by atoms with E-state index in [4.69, 9.17) is 9.41 Å². The summed E-state index contributed by atoms with van der Waals surface area (Å²) in [7, 11) is 3.99. The molecular formula is C24H32N6O2. The SMILES string of the molecule is CCNC(=NCc1ccc(NC(=O)c2ccco2)cc1)N(C)Cc1cn(C)nc1C(C)C. The molecule has 0 saturated heterocycles. The van der Waals surface area contributed by atoms with E-state index < -0.39 is 0 Å². The van der Waals surface area contributed by atoms with Crippen molar-refractivity contribution in [2.24, 2.45) is 12.0 Å². The molecule has 0 aliphatic rings. The van der Waals surface area contributed by atoms with Gasteiger partial charge in [-0.25, -0.2) is 4.99 Å². The van der Waals surface area contributed by atoms with Crippen molar-refractivity contribution in [3.8, 4) is 0 Å². The predicted octanol–water partition coefficient (Wildman–Crippen LogP) is 3.99. The predicted molar refractivity (Wildman–Crippen MR) is 127 cm³/mol. The number of hydrogen-bond donors (Lipinski definition) is 2. The maximum Gasteiger partial charge on any atom is 0.291 e. The fourth-order valence-corrected chi connectivity index (χ4v) is 3.42. The highest BCUT2D eigenvalue weighted by atomic mass is 16.3. The zero-order valence-corrected chi connectivity index (χ0v) is 19.4. The van der Waals surface area contributed by atoms with Crippen LogP contribution < -0.4 is 10.6 Å². The molecule has 0 saturated carbocycles. The molecule has 170 valence electrons. The van der Waals surface area contributed by atoms with Gasteiger partial charge in [0, 0.05) is 44.6 Å². The fourth-order valence-electron chi connectivity index (χ4n) is 3.42. The molecule has 8 nitrogen and oxygen atoms in total. The number of carbonyl (C=O) groups excluding carboxylic acids is 1. The molecule has 32 heavy (non-hydrogen) atoms. The van der Waals surface area contributed by atoms with E-state index in [9.17, 15) is 4.79 Å². The van der Waals surface area contributed by atoms with Gasteiger partial charge in [0.15, 0.2) is 11.7 Å². The summed E-state index contributed by atoms with van der Waals surface area (Å²) in [5, 5.41) is 10.8. The Hall–Kier alpha value is -3.55. The lowest BCUT2D eigenvalue weighted by Gasteiger charge is -2.22. The Morgan fingerprint density at radius 2 is 2.00 bits per heavy atom. The Morgan fingerprint density at radius 1 is 1.25 bits per heavy atom. The second kappa shape index (κ2) is 10.7. The Balaban J connectivity index is 1.64. The second-order valence-electron chi connectivity index (χ2n) is 8.02. The van der Waals surface area contributed by atoms with Crippen LogP contribution in [0.3, 0.4) is 0 Å². The van der Waals surface area contributed by atoms with Gasteiger partial charge in [0.25, 0.3) is 5.91 Å². The monoisotopic (exact) mass is 436 g/mol. The average Bonchev–Trinajstić information content (AvgIpc) is 3.42. The summed E-state index contributed by atoms with van der Waals surface area (Å²) in [6.45, 7) is 8.42. The number of rotatable bonds is 8. The number of nitrogens with zero attached hydrogens (tertiary/aromatic N) is 4. The van der Waals surface area contributed by atoms with Gasteiger partial charge in [0.05, 0.1) is 18.5 Å². The number of aryl methyl sites for hydroxylation is 1. The van der Waals surface area contributed by atoms with Crippen molar-refractivity contribution < 1.29 is 9.21 Å². The first-order valence-corrected chi connectivity index (χ1v) is 10.8. The van der Waals surface area contributed by atoms with Gasteiger partial charge < -0.3 is 20.0 Å². The second-order valence-corrected chi connectivity index (χ2v) is 8.02. The molecule has 3 rings (SSSR count). The molecule has 0 aliphatic heterocycles. The molecular weight excluding hydrogens is 404 g/mol. The molecule has 0 bridgehead atoms. The number of aliphatic imine (C=N–C) groups is 1. The molecule has 0 aliphatic carbocycles. The van der Waals surface area contributed by atoms with E-state index in [1.807, 2.05) is 43.0 Å². The molecule has 2 heterocycles. The smallest absolute Gasteiger partial charge is 0.291 e. The van der Waals surface area contributed by atoms with E-state index in [2.05, 4.69) is 47.6 Å². The van der Waals surface area contributed by atoms with E-state index in [1.54, 1.807) is 12.1 Å². The Labute approximate surface area is 189 Å². The highest BCUT2D eigenvalue weighted by Gasteiger charge is 2.15. The normalized spacial score (nSPS) is 11.6. The molecule has 0 radical (unpaired) electrons. The van der Waals surface area contributed by atoms with Gasteiger partial charge >= 0.3 is 0 Å². The van der Waals surface area contributed by atoms with Crippen molar-refractivity contribution in [2.45, 2.75) is 39.8 Å². The summed E-state index contributed by atoms with van der Waals surface area (Å²) < 4.78 is 6.99. The highest BCUT2D eigenvalue weighted by molar-refractivity contribution is 6.02. The van der Waals surface area contributed by atoms with Crippen molar-refractivity contribution in [2.75, 3.05) is 18.9 Å². The van der Waals surface area contributed by atoms with Crippen LogP contribution in [-0.4, -0.2) is 40.1 Å². The topological polar surface area (TPSA) is 87.7 Å². The fraction of sp³-hybridized carbons (Fsp3) is 0.375. The van der Waals surface area contributed by atoms with E-state index in [0.29, 0.717) is 18.2 Å². The number of amides is 1. The van der Waals surface area contributed by atoms with Crippen molar-refractivity contribution in [1.82, 2.24) is 20.0 Å². The molecule has 0 spiro atoms. The Kier molecular flexibility index (Phi) is 7.70. The third-order valence-electron chi connectivity index (χ3n) is 4.96. The summed E-state index contributed by atoms with van der Waals surface area (Å²) in [5.41, 5.74) is 4.07. The van der Waals surface area contributed by atoms with E-state index in [-0.39, 0.29) is 11.7 Å². The third kappa shape index (κ3) is 6.00. The molecule has 0 fully saturated rings. The maximum absolute atomic E-state index is 12.1. The van der Waals surface area contributed by atoms with Crippen LogP contribution in [0, 0.1) is 0 Å². The van der Waals surface area contributed by atoms with Crippen LogP contribution in [0.15, 0.2) is 58.3 Å².